The van der Waals surface area contributed by atoms with Crippen LogP contribution in [-0.2, 0) is 6.54 Å². The summed E-state index contributed by atoms with van der Waals surface area (Å²) in [7, 11) is 0. The fraction of sp³-hybridized carbons (Fsp3) is 0.333. The highest BCUT2D eigenvalue weighted by Gasteiger charge is 2.19. The van der Waals surface area contributed by atoms with Gasteiger partial charge in [0.05, 0.1) is 0 Å². The summed E-state index contributed by atoms with van der Waals surface area (Å²) in [5, 5.41) is 0. The minimum absolute atomic E-state index is 0.126. The van der Waals surface area contributed by atoms with Gasteiger partial charge >= 0.3 is 0 Å². The zero-order valence-corrected chi connectivity index (χ0v) is 10.1. The van der Waals surface area contributed by atoms with Crippen LogP contribution in [0.2, 0.25) is 0 Å². The van der Waals surface area contributed by atoms with Gasteiger partial charge in [-0.1, -0.05) is 0 Å². The molecule has 3 N–H and O–H groups in total. The van der Waals surface area contributed by atoms with Gasteiger partial charge in [-0.25, -0.2) is 10.4 Å². The van der Waals surface area contributed by atoms with Crippen molar-refractivity contribution < 1.29 is 0 Å². The van der Waals surface area contributed by atoms with Crippen LogP contribution in [0.5, 0.6) is 0 Å². The van der Waals surface area contributed by atoms with Crippen molar-refractivity contribution in [1.29, 1.82) is 0 Å². The molecule has 0 radical (unpaired) electrons. The van der Waals surface area contributed by atoms with Gasteiger partial charge in [0.2, 0.25) is 0 Å². The first-order valence-electron chi connectivity index (χ1n) is 5.65. The first kappa shape index (κ1) is 11.8. The molecule has 2 aromatic heterocycles. The third kappa shape index (κ3) is 2.20. The summed E-state index contributed by atoms with van der Waals surface area (Å²) in [6, 6.07) is 1.84. The average Bonchev–Trinajstić information content (AvgIpc) is 2.81. The molecular weight excluding hydrogens is 214 g/mol. The number of nitrogens with one attached hydrogen (secondary N) is 1. The quantitative estimate of drug-likeness (QED) is 0.612. The number of nitrogens with two attached hydrogens (primary N) is 1. The predicted octanol–water partition coefficient (Wildman–Crippen LogP) is 1.16. The molecule has 0 bridgehead atoms. The van der Waals surface area contributed by atoms with Crippen LogP contribution in [-0.4, -0.2) is 14.5 Å². The number of aryl methyl sites for hydroxylation is 2. The van der Waals surface area contributed by atoms with Crippen LogP contribution in [0.1, 0.15) is 29.9 Å². The van der Waals surface area contributed by atoms with Gasteiger partial charge in [-0.05, 0) is 31.0 Å². The third-order valence-corrected chi connectivity index (χ3v) is 2.90. The Morgan fingerprint density at radius 3 is 2.94 bits per heavy atom. The van der Waals surface area contributed by atoms with Gasteiger partial charge in [-0.2, -0.15) is 0 Å². The van der Waals surface area contributed by atoms with E-state index in [4.69, 9.17) is 5.84 Å². The van der Waals surface area contributed by atoms with E-state index in [0.29, 0.717) is 0 Å². The van der Waals surface area contributed by atoms with Crippen molar-refractivity contribution in [1.82, 2.24) is 20.0 Å². The molecule has 0 fully saturated rings. The Morgan fingerprint density at radius 1 is 1.47 bits per heavy atom. The van der Waals surface area contributed by atoms with Crippen LogP contribution in [0.25, 0.3) is 0 Å². The van der Waals surface area contributed by atoms with Crippen molar-refractivity contribution in [2.75, 3.05) is 0 Å². The molecule has 0 spiro atoms. The van der Waals surface area contributed by atoms with E-state index in [2.05, 4.69) is 26.9 Å². The van der Waals surface area contributed by atoms with E-state index in [0.717, 1.165) is 23.5 Å². The number of imidazole rings is 1. The van der Waals surface area contributed by atoms with Gasteiger partial charge in [-0.15, -0.1) is 0 Å². The number of rotatable bonds is 4. The average molecular weight is 231 g/mol. The van der Waals surface area contributed by atoms with Crippen molar-refractivity contribution in [3.63, 3.8) is 0 Å². The minimum Gasteiger partial charge on any atom is -0.334 e. The molecule has 5 nitrogen and oxygen atoms in total. The number of hydrogen-bond acceptors (Lipinski definition) is 4. The smallest absolute Gasteiger partial charge is 0.131 e. The molecule has 1 unspecified atom stereocenters. The Kier molecular flexibility index (Phi) is 3.51. The molecule has 2 heterocycles. The van der Waals surface area contributed by atoms with Crippen LogP contribution >= 0.6 is 0 Å². The second kappa shape index (κ2) is 5.07. The lowest BCUT2D eigenvalue weighted by molar-refractivity contribution is 0.557. The summed E-state index contributed by atoms with van der Waals surface area (Å²) in [4.78, 5) is 8.52. The fourth-order valence-corrected chi connectivity index (χ4v) is 1.93. The van der Waals surface area contributed by atoms with Crippen LogP contribution < -0.4 is 11.3 Å². The molecule has 0 aromatic carbocycles. The highest BCUT2D eigenvalue weighted by Crippen LogP contribution is 2.22. The van der Waals surface area contributed by atoms with Crippen molar-refractivity contribution in [3.8, 4) is 0 Å². The fourth-order valence-electron chi connectivity index (χ4n) is 1.93. The number of hydrazine groups is 1. The standard InChI is InChI=1S/C12H17N5/c1-3-17-7-6-15-12(17)11(16-13)10-8-14-5-4-9(10)2/h4-8,11,16H,3,13H2,1-2H3. The summed E-state index contributed by atoms with van der Waals surface area (Å²) in [6.45, 7) is 4.99. The molecule has 2 aromatic rings. The molecule has 0 amide bonds. The zero-order chi connectivity index (χ0) is 12.3. The SMILES string of the molecule is CCn1ccnc1C(NN)c1cnccc1C. The molecule has 5 heteroatoms. The molecule has 1 atom stereocenters. The Hall–Kier alpha value is -1.72. The van der Waals surface area contributed by atoms with Gasteiger partial charge in [0.1, 0.15) is 11.9 Å². The van der Waals surface area contributed by atoms with E-state index >= 15 is 0 Å². The summed E-state index contributed by atoms with van der Waals surface area (Å²) in [5.74, 6) is 6.57. The Morgan fingerprint density at radius 2 is 2.29 bits per heavy atom. The highest BCUT2D eigenvalue weighted by molar-refractivity contribution is 5.29. The first-order valence-corrected chi connectivity index (χ1v) is 5.65. The molecule has 2 rings (SSSR count). The maximum atomic E-state index is 5.66. The van der Waals surface area contributed by atoms with E-state index in [1.807, 2.05) is 25.4 Å². The normalized spacial score (nSPS) is 12.6. The van der Waals surface area contributed by atoms with E-state index in [1.54, 1.807) is 12.4 Å². The maximum absolute atomic E-state index is 5.66. The van der Waals surface area contributed by atoms with Crippen molar-refractivity contribution in [2.24, 2.45) is 5.84 Å². The van der Waals surface area contributed by atoms with E-state index < -0.39 is 0 Å². The van der Waals surface area contributed by atoms with Crippen LogP contribution in [0.4, 0.5) is 0 Å². The van der Waals surface area contributed by atoms with Crippen LogP contribution in [0, 0.1) is 6.92 Å². The molecule has 0 aliphatic rings. The molecule has 17 heavy (non-hydrogen) atoms. The van der Waals surface area contributed by atoms with Gasteiger partial charge < -0.3 is 4.57 Å². The summed E-state index contributed by atoms with van der Waals surface area (Å²) in [5.41, 5.74) is 5.01. The van der Waals surface area contributed by atoms with Gasteiger partial charge in [0, 0.05) is 31.3 Å². The largest absolute Gasteiger partial charge is 0.334 e. The lowest BCUT2D eigenvalue weighted by Gasteiger charge is -2.18. The lowest BCUT2D eigenvalue weighted by Crippen LogP contribution is -2.31. The molecule has 0 saturated carbocycles. The van der Waals surface area contributed by atoms with E-state index in [-0.39, 0.29) is 6.04 Å². The summed E-state index contributed by atoms with van der Waals surface area (Å²) in [6.07, 6.45) is 7.34. The predicted molar refractivity (Wildman–Crippen MR) is 66.0 cm³/mol. The van der Waals surface area contributed by atoms with Crippen molar-refractivity contribution in [2.45, 2.75) is 26.4 Å². The first-order chi connectivity index (χ1) is 8.27. The van der Waals surface area contributed by atoms with Gasteiger partial charge in [0.15, 0.2) is 0 Å². The van der Waals surface area contributed by atoms with Crippen LogP contribution in [0.3, 0.4) is 0 Å². The van der Waals surface area contributed by atoms with E-state index in [9.17, 15) is 0 Å². The number of nitrogens with zero attached hydrogens (tertiary/aromatic N) is 3. The zero-order valence-electron chi connectivity index (χ0n) is 10.1. The lowest BCUT2D eigenvalue weighted by atomic mass is 10.0. The molecule has 0 aliphatic heterocycles. The topological polar surface area (TPSA) is 68.8 Å². The number of aromatic nitrogens is 3. The summed E-state index contributed by atoms with van der Waals surface area (Å²) >= 11 is 0. The second-order valence-electron chi connectivity index (χ2n) is 3.90. The molecule has 0 aliphatic carbocycles. The van der Waals surface area contributed by atoms with Crippen molar-refractivity contribution in [3.05, 3.63) is 47.8 Å². The van der Waals surface area contributed by atoms with Gasteiger partial charge in [0.25, 0.3) is 0 Å². The number of pyridine rings is 1. The third-order valence-electron chi connectivity index (χ3n) is 2.90. The minimum atomic E-state index is -0.126. The Labute approximate surface area is 101 Å². The van der Waals surface area contributed by atoms with E-state index in [1.165, 1.54) is 0 Å². The second-order valence-corrected chi connectivity index (χ2v) is 3.90. The Bertz CT molecular complexity index is 491. The molecular formula is C12H17N5. The molecule has 0 saturated heterocycles. The Balaban J connectivity index is 2.44. The monoisotopic (exact) mass is 231 g/mol. The summed E-state index contributed by atoms with van der Waals surface area (Å²) < 4.78 is 2.07. The van der Waals surface area contributed by atoms with Crippen LogP contribution in [0.15, 0.2) is 30.9 Å². The van der Waals surface area contributed by atoms with Gasteiger partial charge in [-0.3, -0.25) is 10.8 Å². The molecule has 90 valence electrons. The van der Waals surface area contributed by atoms with Crippen molar-refractivity contribution >= 4 is 0 Å². The highest BCUT2D eigenvalue weighted by atomic mass is 15.3. The number of hydrogen-bond donors (Lipinski definition) is 2. The maximum Gasteiger partial charge on any atom is 0.131 e.